The SMILES string of the molecule is CCn1nc(C)cc1C(=O)NC1Nc2cc(C(N)=O)cc3c2N1CC(C)(C)CN3CCO. The van der Waals surface area contributed by atoms with Gasteiger partial charge in [-0.25, -0.2) is 0 Å². The molecule has 1 aromatic heterocycles. The summed E-state index contributed by atoms with van der Waals surface area (Å²) in [6.45, 7) is 10.4. The molecule has 0 bridgehead atoms. The molecule has 0 radical (unpaired) electrons. The van der Waals surface area contributed by atoms with Gasteiger partial charge in [0.05, 0.1) is 29.4 Å². The third kappa shape index (κ3) is 3.86. The van der Waals surface area contributed by atoms with E-state index < -0.39 is 12.2 Å². The maximum Gasteiger partial charge on any atom is 0.272 e. The maximum absolute atomic E-state index is 13.1. The van der Waals surface area contributed by atoms with Crippen LogP contribution in [0, 0.1) is 12.3 Å². The highest BCUT2D eigenvalue weighted by Gasteiger charge is 2.41. The van der Waals surface area contributed by atoms with Crippen LogP contribution in [-0.4, -0.2) is 59.2 Å². The number of anilines is 3. The number of aromatic nitrogens is 2. The van der Waals surface area contributed by atoms with Crippen molar-refractivity contribution >= 4 is 28.9 Å². The number of carbonyl (C=O) groups is 2. The van der Waals surface area contributed by atoms with Gasteiger partial charge in [0.15, 0.2) is 6.29 Å². The molecule has 4 rings (SSSR count). The average Bonchev–Trinajstić information content (AvgIpc) is 3.23. The maximum atomic E-state index is 13.1. The van der Waals surface area contributed by atoms with Crippen LogP contribution in [0.15, 0.2) is 18.2 Å². The van der Waals surface area contributed by atoms with Crippen LogP contribution in [-0.2, 0) is 6.54 Å². The zero-order valence-electron chi connectivity index (χ0n) is 19.0. The number of benzene rings is 1. The molecule has 2 aliphatic rings. The van der Waals surface area contributed by atoms with Crippen molar-refractivity contribution in [3.05, 3.63) is 35.2 Å². The van der Waals surface area contributed by atoms with Crippen LogP contribution in [0.3, 0.4) is 0 Å². The summed E-state index contributed by atoms with van der Waals surface area (Å²) in [4.78, 5) is 29.3. The van der Waals surface area contributed by atoms with Gasteiger partial charge < -0.3 is 31.3 Å². The Morgan fingerprint density at radius 3 is 2.72 bits per heavy atom. The molecule has 0 fully saturated rings. The zero-order valence-corrected chi connectivity index (χ0v) is 19.0. The van der Waals surface area contributed by atoms with Crippen LogP contribution in [0.5, 0.6) is 0 Å². The lowest BCUT2D eigenvalue weighted by atomic mass is 9.92. The zero-order chi connectivity index (χ0) is 23.2. The van der Waals surface area contributed by atoms with Crippen molar-refractivity contribution in [1.29, 1.82) is 0 Å². The second-order valence-electron chi connectivity index (χ2n) is 9.20. The van der Waals surface area contributed by atoms with Crippen LogP contribution in [0.1, 0.15) is 47.3 Å². The number of aliphatic hydroxyl groups is 1. The van der Waals surface area contributed by atoms with Crippen molar-refractivity contribution in [3.63, 3.8) is 0 Å². The summed E-state index contributed by atoms with van der Waals surface area (Å²) in [7, 11) is 0. The van der Waals surface area contributed by atoms with Gasteiger partial charge in [0, 0.05) is 31.7 Å². The van der Waals surface area contributed by atoms with Crippen LogP contribution in [0.25, 0.3) is 0 Å². The normalized spacial score (nSPS) is 18.7. The Kier molecular flexibility index (Phi) is 5.49. The molecular formula is C22H31N7O3. The van der Waals surface area contributed by atoms with Crippen molar-refractivity contribution in [3.8, 4) is 0 Å². The molecule has 1 atom stereocenters. The van der Waals surface area contributed by atoms with Crippen molar-refractivity contribution in [1.82, 2.24) is 15.1 Å². The first-order chi connectivity index (χ1) is 15.1. The van der Waals surface area contributed by atoms with Gasteiger partial charge in [-0.1, -0.05) is 13.8 Å². The Hall–Kier alpha value is -3.27. The largest absolute Gasteiger partial charge is 0.395 e. The second-order valence-corrected chi connectivity index (χ2v) is 9.20. The first-order valence-electron chi connectivity index (χ1n) is 10.9. The highest BCUT2D eigenvalue weighted by atomic mass is 16.3. The van der Waals surface area contributed by atoms with Gasteiger partial charge in [-0.05, 0) is 37.5 Å². The van der Waals surface area contributed by atoms with E-state index in [0.717, 1.165) is 22.8 Å². The molecule has 0 saturated heterocycles. The van der Waals surface area contributed by atoms with Crippen molar-refractivity contribution in [2.45, 2.75) is 40.5 Å². The number of primary amides is 1. The summed E-state index contributed by atoms with van der Waals surface area (Å²) in [5.41, 5.74) is 9.52. The van der Waals surface area contributed by atoms with E-state index in [0.29, 0.717) is 37.4 Å². The Morgan fingerprint density at radius 2 is 2.06 bits per heavy atom. The van der Waals surface area contributed by atoms with E-state index >= 15 is 0 Å². The van der Waals surface area contributed by atoms with Gasteiger partial charge in [-0.15, -0.1) is 0 Å². The van der Waals surface area contributed by atoms with Crippen LogP contribution >= 0.6 is 0 Å². The van der Waals surface area contributed by atoms with Crippen LogP contribution < -0.4 is 26.2 Å². The van der Waals surface area contributed by atoms with Gasteiger partial charge in [-0.2, -0.15) is 5.10 Å². The number of aliphatic hydroxyl groups excluding tert-OH is 1. The highest BCUT2D eigenvalue weighted by molar-refractivity contribution is 6.01. The summed E-state index contributed by atoms with van der Waals surface area (Å²) in [5, 5.41) is 20.5. The number of aryl methyl sites for hydroxylation is 2. The summed E-state index contributed by atoms with van der Waals surface area (Å²) >= 11 is 0. The fourth-order valence-corrected chi connectivity index (χ4v) is 4.65. The molecule has 10 heteroatoms. The van der Waals surface area contributed by atoms with Gasteiger partial charge >= 0.3 is 0 Å². The topological polar surface area (TPSA) is 129 Å². The Bertz CT molecular complexity index is 1060. The minimum absolute atomic E-state index is 0.0143. The minimum atomic E-state index is -0.528. The first kappa shape index (κ1) is 21.9. The molecule has 2 amide bonds. The Balaban J connectivity index is 1.74. The lowest BCUT2D eigenvalue weighted by molar-refractivity contribution is 0.0928. The highest BCUT2D eigenvalue weighted by Crippen LogP contribution is 2.47. The van der Waals surface area contributed by atoms with E-state index in [2.05, 4.69) is 39.4 Å². The number of nitrogens with one attached hydrogen (secondary N) is 2. The fraction of sp³-hybridized carbons (Fsp3) is 0.500. The van der Waals surface area contributed by atoms with Crippen LogP contribution in [0.4, 0.5) is 17.1 Å². The Labute approximate surface area is 187 Å². The molecule has 0 spiro atoms. The van der Waals surface area contributed by atoms with E-state index in [9.17, 15) is 14.7 Å². The number of β-amino-alcohol motifs (C(OH)–C–C–N with tert-alkyl or cyclic N) is 1. The number of rotatable bonds is 6. The van der Waals surface area contributed by atoms with Crippen molar-refractivity contribution < 1.29 is 14.7 Å². The predicted molar refractivity (Wildman–Crippen MR) is 123 cm³/mol. The molecule has 5 N–H and O–H groups in total. The predicted octanol–water partition coefficient (Wildman–Crippen LogP) is 1.09. The van der Waals surface area contributed by atoms with Gasteiger partial charge in [0.1, 0.15) is 5.69 Å². The molecule has 10 nitrogen and oxygen atoms in total. The van der Waals surface area contributed by atoms with Crippen LogP contribution in [0.2, 0.25) is 0 Å². The molecule has 32 heavy (non-hydrogen) atoms. The van der Waals surface area contributed by atoms with Gasteiger partial charge in [0.2, 0.25) is 5.91 Å². The molecule has 3 heterocycles. The molecule has 0 aliphatic carbocycles. The number of carbonyl (C=O) groups excluding carboxylic acids is 2. The van der Waals surface area contributed by atoms with Gasteiger partial charge in [0.25, 0.3) is 5.91 Å². The molecule has 1 aromatic carbocycles. The monoisotopic (exact) mass is 441 g/mol. The standard InChI is InChI=1S/C22H31N7O3/c1-5-29-17(8-13(2)26-29)20(32)25-21-24-15-9-14(19(23)31)10-16-18(15)28(21)12-22(3,4)11-27(16)6-7-30/h8-10,21,24,30H,5-7,11-12H2,1-4H3,(H2,23,31)(H,25,32). The first-order valence-corrected chi connectivity index (χ1v) is 10.9. The second kappa shape index (κ2) is 8.01. The van der Waals surface area contributed by atoms with Crippen molar-refractivity contribution in [2.24, 2.45) is 11.1 Å². The lowest BCUT2D eigenvalue weighted by Crippen LogP contribution is -2.53. The quantitative estimate of drug-likeness (QED) is 0.528. The third-order valence-corrected chi connectivity index (χ3v) is 5.90. The fourth-order valence-electron chi connectivity index (χ4n) is 4.65. The third-order valence-electron chi connectivity index (χ3n) is 5.90. The molecule has 172 valence electrons. The van der Waals surface area contributed by atoms with Gasteiger partial charge in [-0.3, -0.25) is 14.3 Å². The average molecular weight is 442 g/mol. The number of hydrogen-bond acceptors (Lipinski definition) is 7. The Morgan fingerprint density at radius 1 is 1.31 bits per heavy atom. The minimum Gasteiger partial charge on any atom is -0.395 e. The summed E-state index contributed by atoms with van der Waals surface area (Å²) in [5.74, 6) is -0.761. The molecular weight excluding hydrogens is 410 g/mol. The number of amides is 2. The van der Waals surface area contributed by atoms with E-state index in [1.807, 2.05) is 13.8 Å². The van der Waals surface area contributed by atoms with E-state index in [4.69, 9.17) is 5.73 Å². The number of nitrogens with two attached hydrogens (primary N) is 1. The molecule has 1 unspecified atom stereocenters. The summed E-state index contributed by atoms with van der Waals surface area (Å²) < 4.78 is 1.68. The molecule has 2 aliphatic heterocycles. The van der Waals surface area contributed by atoms with E-state index in [1.165, 1.54) is 0 Å². The molecule has 0 saturated carbocycles. The number of nitrogens with zero attached hydrogens (tertiary/aromatic N) is 4. The van der Waals surface area contributed by atoms with Crippen molar-refractivity contribution in [2.75, 3.05) is 41.4 Å². The van der Waals surface area contributed by atoms with E-state index in [1.54, 1.807) is 22.9 Å². The van der Waals surface area contributed by atoms with E-state index in [-0.39, 0.29) is 17.9 Å². The number of hydrogen-bond donors (Lipinski definition) is 4. The lowest BCUT2D eigenvalue weighted by Gasteiger charge is -2.34. The molecule has 2 aromatic rings. The summed E-state index contributed by atoms with van der Waals surface area (Å²) in [6, 6.07) is 5.26. The smallest absolute Gasteiger partial charge is 0.272 e. The summed E-state index contributed by atoms with van der Waals surface area (Å²) in [6.07, 6.45) is -0.506.